The van der Waals surface area contributed by atoms with E-state index < -0.39 is 18.0 Å². The molecule has 0 aromatic rings. The summed E-state index contributed by atoms with van der Waals surface area (Å²) in [7, 11) is 0. The summed E-state index contributed by atoms with van der Waals surface area (Å²) in [6.07, 6.45) is -5.84. The minimum absolute atomic E-state index is 0.144. The van der Waals surface area contributed by atoms with Crippen molar-refractivity contribution in [1.82, 2.24) is 10.2 Å². The Labute approximate surface area is 88.6 Å². The van der Waals surface area contributed by atoms with Crippen LogP contribution >= 0.6 is 0 Å². The predicted octanol–water partition coefficient (Wildman–Crippen LogP) is 1.00. The summed E-state index contributed by atoms with van der Waals surface area (Å²) >= 11 is 0. The van der Waals surface area contributed by atoms with Crippen LogP contribution in [0.4, 0.5) is 22.0 Å². The van der Waals surface area contributed by atoms with Crippen molar-refractivity contribution in [3.63, 3.8) is 0 Å². The van der Waals surface area contributed by atoms with Gasteiger partial charge in [0.2, 0.25) is 0 Å². The lowest BCUT2D eigenvalue weighted by Gasteiger charge is -2.34. The molecule has 16 heavy (non-hydrogen) atoms. The minimum atomic E-state index is -5.84. The third-order valence-electron chi connectivity index (χ3n) is 2.28. The molecular weight excluding hydrogens is 235 g/mol. The molecule has 1 N–H and O–H groups in total. The zero-order chi connectivity index (χ0) is 12.6. The van der Waals surface area contributed by atoms with Gasteiger partial charge in [-0.05, 0) is 6.92 Å². The molecule has 0 unspecified atom stereocenters. The van der Waals surface area contributed by atoms with E-state index in [1.54, 1.807) is 6.92 Å². The Kier molecular flexibility index (Phi) is 3.41. The van der Waals surface area contributed by atoms with Gasteiger partial charge in [0.05, 0.1) is 0 Å². The summed E-state index contributed by atoms with van der Waals surface area (Å²) in [6.45, 7) is 1.52. The number of hydrogen-bond acceptors (Lipinski definition) is 2. The van der Waals surface area contributed by atoms with Crippen LogP contribution < -0.4 is 5.32 Å². The van der Waals surface area contributed by atoms with E-state index >= 15 is 0 Å². The average Bonchev–Trinajstić information content (AvgIpc) is 2.14. The van der Waals surface area contributed by atoms with Crippen molar-refractivity contribution in [3.8, 4) is 0 Å². The third-order valence-corrected chi connectivity index (χ3v) is 2.28. The highest BCUT2D eigenvalue weighted by molar-refractivity contribution is 5.84. The molecule has 0 aromatic carbocycles. The molecule has 1 fully saturated rings. The van der Waals surface area contributed by atoms with Gasteiger partial charge in [0, 0.05) is 25.7 Å². The van der Waals surface area contributed by atoms with Crippen LogP contribution in [0.25, 0.3) is 0 Å². The van der Waals surface area contributed by atoms with E-state index in [1.165, 1.54) is 0 Å². The van der Waals surface area contributed by atoms with Crippen LogP contribution in [-0.2, 0) is 4.79 Å². The fraction of sp³-hybridized carbons (Fsp3) is 0.875. The lowest BCUT2D eigenvalue weighted by molar-refractivity contribution is -0.274. The molecule has 1 atom stereocenters. The molecule has 0 spiro atoms. The van der Waals surface area contributed by atoms with Crippen LogP contribution in [0, 0.1) is 0 Å². The van der Waals surface area contributed by atoms with Crippen molar-refractivity contribution in [3.05, 3.63) is 0 Å². The molecule has 1 aliphatic heterocycles. The second-order valence-corrected chi connectivity index (χ2v) is 3.68. The zero-order valence-corrected chi connectivity index (χ0v) is 8.44. The van der Waals surface area contributed by atoms with Crippen molar-refractivity contribution in [2.75, 3.05) is 19.6 Å². The number of piperazine rings is 1. The number of carbonyl (C=O) groups excluding carboxylic acids is 1. The number of hydrogen-bond donors (Lipinski definition) is 1. The highest BCUT2D eigenvalue weighted by Gasteiger charge is 2.64. The molecule has 0 aromatic heterocycles. The first-order chi connectivity index (χ1) is 7.16. The van der Waals surface area contributed by atoms with Crippen LogP contribution in [0.3, 0.4) is 0 Å². The fourth-order valence-electron chi connectivity index (χ4n) is 1.44. The fourth-order valence-corrected chi connectivity index (χ4v) is 1.44. The molecule has 8 heteroatoms. The van der Waals surface area contributed by atoms with Gasteiger partial charge in [0.15, 0.2) is 0 Å². The zero-order valence-electron chi connectivity index (χ0n) is 8.44. The molecule has 1 saturated heterocycles. The Balaban J connectivity index is 2.77. The quantitative estimate of drug-likeness (QED) is 0.700. The van der Waals surface area contributed by atoms with Crippen LogP contribution in [-0.4, -0.2) is 48.6 Å². The summed E-state index contributed by atoms with van der Waals surface area (Å²) in [4.78, 5) is 11.6. The van der Waals surface area contributed by atoms with Gasteiger partial charge in [-0.3, -0.25) is 4.79 Å². The second-order valence-electron chi connectivity index (χ2n) is 3.68. The number of carbonyl (C=O) groups is 1. The van der Waals surface area contributed by atoms with Crippen LogP contribution in [0.1, 0.15) is 6.92 Å². The molecule has 3 nitrogen and oxygen atoms in total. The topological polar surface area (TPSA) is 32.3 Å². The van der Waals surface area contributed by atoms with Gasteiger partial charge in [-0.25, -0.2) is 0 Å². The number of halogens is 5. The largest absolute Gasteiger partial charge is 0.463 e. The van der Waals surface area contributed by atoms with Gasteiger partial charge in [-0.2, -0.15) is 22.0 Å². The normalized spacial score (nSPS) is 23.4. The first-order valence-corrected chi connectivity index (χ1v) is 4.63. The molecule has 0 bridgehead atoms. The maximum absolute atomic E-state index is 12.7. The monoisotopic (exact) mass is 246 g/mol. The van der Waals surface area contributed by atoms with E-state index in [4.69, 9.17) is 0 Å². The molecule has 1 aliphatic rings. The van der Waals surface area contributed by atoms with Crippen LogP contribution in [0.15, 0.2) is 0 Å². The average molecular weight is 246 g/mol. The first kappa shape index (κ1) is 13.1. The second kappa shape index (κ2) is 4.15. The maximum atomic E-state index is 12.7. The van der Waals surface area contributed by atoms with Crippen molar-refractivity contribution < 1.29 is 26.7 Å². The minimum Gasteiger partial charge on any atom is -0.334 e. The van der Waals surface area contributed by atoms with Crippen molar-refractivity contribution in [2.24, 2.45) is 0 Å². The molecular formula is C8H11F5N2O. The molecule has 0 saturated carbocycles. The SMILES string of the molecule is C[C@@H]1CN(C(=O)C(F)(F)C(F)(F)F)CCN1. The van der Waals surface area contributed by atoms with E-state index in [-0.39, 0.29) is 25.7 Å². The predicted molar refractivity (Wildman–Crippen MR) is 45.0 cm³/mol. The molecule has 0 radical (unpaired) electrons. The Bertz CT molecular complexity index is 278. The Hall–Kier alpha value is -0.920. The summed E-state index contributed by atoms with van der Waals surface area (Å²) in [6, 6.07) is -0.290. The molecule has 94 valence electrons. The van der Waals surface area contributed by atoms with Gasteiger partial charge in [0.1, 0.15) is 0 Å². The van der Waals surface area contributed by atoms with E-state index in [2.05, 4.69) is 5.32 Å². The number of rotatable bonds is 1. The first-order valence-electron chi connectivity index (χ1n) is 4.63. The number of alkyl halides is 5. The lowest BCUT2D eigenvalue weighted by Crippen LogP contribution is -2.58. The summed E-state index contributed by atoms with van der Waals surface area (Å²) in [5.74, 6) is -7.47. The van der Waals surface area contributed by atoms with Crippen molar-refractivity contribution >= 4 is 5.91 Å². The molecule has 1 heterocycles. The lowest BCUT2D eigenvalue weighted by atomic mass is 10.2. The molecule has 0 aliphatic carbocycles. The Morgan fingerprint density at radius 3 is 2.31 bits per heavy atom. The Morgan fingerprint density at radius 2 is 1.88 bits per heavy atom. The summed E-state index contributed by atoms with van der Waals surface area (Å²) < 4.78 is 61.2. The number of nitrogens with zero attached hydrogens (tertiary/aromatic N) is 1. The van der Waals surface area contributed by atoms with Gasteiger partial charge >= 0.3 is 18.0 Å². The maximum Gasteiger partial charge on any atom is 0.463 e. The summed E-state index contributed by atoms with van der Waals surface area (Å²) in [5, 5.41) is 2.84. The number of amides is 1. The molecule has 1 rings (SSSR count). The van der Waals surface area contributed by atoms with Gasteiger partial charge in [-0.1, -0.05) is 0 Å². The van der Waals surface area contributed by atoms with E-state index in [1.807, 2.05) is 0 Å². The van der Waals surface area contributed by atoms with Crippen LogP contribution in [0.5, 0.6) is 0 Å². The number of nitrogens with one attached hydrogen (secondary N) is 1. The Morgan fingerprint density at radius 1 is 1.31 bits per heavy atom. The van der Waals surface area contributed by atoms with Crippen molar-refractivity contribution in [1.29, 1.82) is 0 Å². The standard InChI is InChI=1S/C8H11F5N2O/c1-5-4-15(3-2-14-5)6(16)7(9,10)8(11,12)13/h5,14H,2-4H2,1H3/t5-/m1/s1. The third kappa shape index (κ3) is 2.42. The molecule has 1 amide bonds. The van der Waals surface area contributed by atoms with E-state index in [9.17, 15) is 26.7 Å². The van der Waals surface area contributed by atoms with E-state index in [0.29, 0.717) is 4.90 Å². The highest BCUT2D eigenvalue weighted by atomic mass is 19.4. The van der Waals surface area contributed by atoms with Gasteiger partial charge in [0.25, 0.3) is 0 Å². The van der Waals surface area contributed by atoms with Gasteiger partial charge in [-0.15, -0.1) is 0 Å². The summed E-state index contributed by atoms with van der Waals surface area (Å²) in [5.41, 5.74) is 0. The highest BCUT2D eigenvalue weighted by Crippen LogP contribution is 2.36. The van der Waals surface area contributed by atoms with E-state index in [0.717, 1.165) is 0 Å². The smallest absolute Gasteiger partial charge is 0.334 e. The van der Waals surface area contributed by atoms with Gasteiger partial charge < -0.3 is 10.2 Å². The van der Waals surface area contributed by atoms with Crippen molar-refractivity contribution in [2.45, 2.75) is 25.1 Å². The van der Waals surface area contributed by atoms with Crippen LogP contribution in [0.2, 0.25) is 0 Å².